The Balaban J connectivity index is 1.46. The predicted molar refractivity (Wildman–Crippen MR) is 196 cm³/mol. The highest BCUT2D eigenvalue weighted by Gasteiger charge is 2.28. The monoisotopic (exact) mass is 672 g/mol. The predicted octanol–water partition coefficient (Wildman–Crippen LogP) is 8.77. The first-order valence-electron chi connectivity index (χ1n) is 18.0. The smallest absolute Gasteiger partial charge is 0.159 e. The maximum atomic E-state index is 13.0. The van der Waals surface area contributed by atoms with Crippen molar-refractivity contribution in [1.82, 2.24) is 0 Å². The van der Waals surface area contributed by atoms with Gasteiger partial charge in [0.1, 0.15) is 17.2 Å². The lowest BCUT2D eigenvalue weighted by Gasteiger charge is -2.24. The molecule has 0 aliphatic heterocycles. The van der Waals surface area contributed by atoms with Gasteiger partial charge in [-0.05, 0) is 179 Å². The van der Waals surface area contributed by atoms with E-state index in [2.05, 4.69) is 0 Å². The van der Waals surface area contributed by atoms with Gasteiger partial charge >= 0.3 is 0 Å². The summed E-state index contributed by atoms with van der Waals surface area (Å²) in [5.74, 6) is -0.173. The molecule has 6 rings (SSSR count). The molecule has 0 heterocycles. The number of hydrogen-bond acceptors (Lipinski definition) is 6. The Morgan fingerprint density at radius 1 is 0.520 bits per heavy atom. The number of rotatable bonds is 9. The lowest BCUT2D eigenvalue weighted by atomic mass is 9.80. The number of ketones is 3. The minimum Gasteiger partial charge on any atom is -0.508 e. The van der Waals surface area contributed by atoms with Crippen molar-refractivity contribution in [2.45, 2.75) is 91.9 Å². The fourth-order valence-electron chi connectivity index (χ4n) is 7.82. The van der Waals surface area contributed by atoms with Crippen LogP contribution in [0.15, 0.2) is 77.4 Å². The third kappa shape index (κ3) is 7.85. The second-order valence-corrected chi connectivity index (χ2v) is 15.1. The average Bonchev–Trinajstić information content (AvgIpc) is 3.05. The molecule has 3 N–H and O–H groups in total. The molecular formula is C44H48O6. The molecule has 6 nitrogen and oxygen atoms in total. The van der Waals surface area contributed by atoms with Crippen LogP contribution < -0.4 is 0 Å². The molecule has 260 valence electrons. The zero-order valence-electron chi connectivity index (χ0n) is 29.6. The van der Waals surface area contributed by atoms with Crippen molar-refractivity contribution >= 4 is 17.3 Å². The van der Waals surface area contributed by atoms with Crippen LogP contribution in [0.4, 0.5) is 0 Å². The summed E-state index contributed by atoms with van der Waals surface area (Å²) in [5, 5.41) is 34.2. The minimum absolute atomic E-state index is 0.0633. The number of aromatic hydroxyl groups is 3. The minimum atomic E-state index is -0.255. The van der Waals surface area contributed by atoms with Crippen molar-refractivity contribution in [3.05, 3.63) is 111 Å². The van der Waals surface area contributed by atoms with E-state index in [1.165, 1.54) is 0 Å². The molecular weight excluding hydrogens is 624 g/mol. The van der Waals surface area contributed by atoms with Crippen molar-refractivity contribution in [2.24, 2.45) is 17.8 Å². The van der Waals surface area contributed by atoms with Crippen LogP contribution >= 0.6 is 0 Å². The van der Waals surface area contributed by atoms with Gasteiger partial charge in [0.05, 0.1) is 0 Å². The second-order valence-electron chi connectivity index (χ2n) is 15.1. The summed E-state index contributed by atoms with van der Waals surface area (Å²) in [6, 6.07) is 13.2. The molecule has 0 saturated heterocycles. The lowest BCUT2D eigenvalue weighted by Crippen LogP contribution is -2.21. The molecule has 0 bridgehead atoms. The Hall–Kier alpha value is -4.71. The SMILES string of the molecule is CC1=CC(=O)C(Cc2cc(-c3cc(CC4CCC(C)=CC4=O)c(O)c(CC4CCC(C)=CC4=O)c3)cc(Cc3ccc(C)cc3O)c2O)CC1. The topological polar surface area (TPSA) is 112 Å². The van der Waals surface area contributed by atoms with E-state index in [1.54, 1.807) is 24.3 Å². The van der Waals surface area contributed by atoms with Crippen LogP contribution in [0, 0.1) is 24.7 Å². The molecule has 3 atom stereocenters. The molecule has 3 aromatic rings. The van der Waals surface area contributed by atoms with Gasteiger partial charge in [-0.1, -0.05) is 28.9 Å². The highest BCUT2D eigenvalue weighted by atomic mass is 16.3. The van der Waals surface area contributed by atoms with Gasteiger partial charge in [-0.25, -0.2) is 0 Å². The van der Waals surface area contributed by atoms with Crippen molar-refractivity contribution in [3.63, 3.8) is 0 Å². The number of carbonyl (C=O) groups excluding carboxylic acids is 3. The Morgan fingerprint density at radius 2 is 0.900 bits per heavy atom. The average molecular weight is 673 g/mol. The van der Waals surface area contributed by atoms with Gasteiger partial charge in [0.2, 0.25) is 0 Å². The standard InChI is InChI=1S/C44H48O6/c1-25-5-9-29(39(45)13-25)17-35-21-33(22-36(43(35)49)18-30-10-6-26(2)14-40(30)46)34-23-37(19-31-11-7-27(3)15-41(31)47)44(50)38(24-34)20-32-12-8-28(4)16-42(32)48/h5,9,13-16,21-24,30-32,45,49-50H,6-8,10-12,17-20H2,1-4H3. The van der Waals surface area contributed by atoms with Crippen molar-refractivity contribution in [2.75, 3.05) is 0 Å². The summed E-state index contributed by atoms with van der Waals surface area (Å²) >= 11 is 0. The Kier molecular flexibility index (Phi) is 10.3. The summed E-state index contributed by atoms with van der Waals surface area (Å²) in [5.41, 5.74) is 8.99. The van der Waals surface area contributed by atoms with Crippen LogP contribution in [-0.2, 0) is 40.1 Å². The molecule has 6 heteroatoms. The number of phenolic OH excluding ortho intramolecular Hbond substituents is 3. The Morgan fingerprint density at radius 3 is 1.28 bits per heavy atom. The van der Waals surface area contributed by atoms with Gasteiger partial charge < -0.3 is 15.3 Å². The maximum absolute atomic E-state index is 13.0. The van der Waals surface area contributed by atoms with Gasteiger partial charge in [0, 0.05) is 24.2 Å². The summed E-state index contributed by atoms with van der Waals surface area (Å²) in [7, 11) is 0. The lowest BCUT2D eigenvalue weighted by molar-refractivity contribution is -0.119. The molecule has 0 saturated carbocycles. The van der Waals surface area contributed by atoms with E-state index in [9.17, 15) is 29.7 Å². The summed E-state index contributed by atoms with van der Waals surface area (Å²) in [4.78, 5) is 39.1. The second kappa shape index (κ2) is 14.6. The van der Waals surface area contributed by atoms with Crippen molar-refractivity contribution < 1.29 is 29.7 Å². The van der Waals surface area contributed by atoms with Crippen LogP contribution in [0.5, 0.6) is 17.2 Å². The highest BCUT2D eigenvalue weighted by molar-refractivity contribution is 5.94. The molecule has 0 fully saturated rings. The van der Waals surface area contributed by atoms with E-state index in [0.29, 0.717) is 66.3 Å². The number of carbonyl (C=O) groups is 3. The van der Waals surface area contributed by atoms with Crippen molar-refractivity contribution in [1.29, 1.82) is 0 Å². The van der Waals surface area contributed by atoms with Gasteiger partial charge in [-0.15, -0.1) is 0 Å². The molecule has 3 unspecified atom stereocenters. The third-order valence-corrected chi connectivity index (χ3v) is 10.9. The summed E-state index contributed by atoms with van der Waals surface area (Å²) in [6.45, 7) is 7.81. The zero-order valence-corrected chi connectivity index (χ0v) is 29.6. The third-order valence-electron chi connectivity index (χ3n) is 10.9. The van der Waals surface area contributed by atoms with Crippen LogP contribution in [0.2, 0.25) is 0 Å². The number of aryl methyl sites for hydroxylation is 1. The molecule has 0 radical (unpaired) electrons. The van der Waals surface area contributed by atoms with E-state index >= 15 is 0 Å². The molecule has 0 amide bonds. The summed E-state index contributed by atoms with van der Waals surface area (Å²) in [6.07, 6.45) is 11.2. The summed E-state index contributed by atoms with van der Waals surface area (Å²) < 4.78 is 0. The van der Waals surface area contributed by atoms with E-state index in [1.807, 2.05) is 64.1 Å². The number of hydrogen-bond donors (Lipinski definition) is 3. The fourth-order valence-corrected chi connectivity index (χ4v) is 7.82. The zero-order chi connectivity index (χ0) is 35.7. The van der Waals surface area contributed by atoms with Crippen LogP contribution in [0.3, 0.4) is 0 Å². The first kappa shape index (κ1) is 35.1. The normalized spacial score (nSPS) is 21.2. The first-order valence-corrected chi connectivity index (χ1v) is 18.0. The highest BCUT2D eigenvalue weighted by Crippen LogP contribution is 2.40. The van der Waals surface area contributed by atoms with Crippen LogP contribution in [-0.4, -0.2) is 32.7 Å². The van der Waals surface area contributed by atoms with Gasteiger partial charge in [-0.3, -0.25) is 14.4 Å². The molecule has 0 spiro atoms. The van der Waals surface area contributed by atoms with Crippen LogP contribution in [0.25, 0.3) is 11.1 Å². The molecule has 3 aliphatic rings. The molecule has 3 aromatic carbocycles. The number of phenols is 3. The first-order chi connectivity index (χ1) is 23.8. The van der Waals surface area contributed by atoms with Gasteiger partial charge in [0.25, 0.3) is 0 Å². The largest absolute Gasteiger partial charge is 0.508 e. The van der Waals surface area contributed by atoms with E-state index in [-0.39, 0.29) is 58.8 Å². The number of allylic oxidation sites excluding steroid dienone is 6. The maximum Gasteiger partial charge on any atom is 0.159 e. The van der Waals surface area contributed by atoms with Gasteiger partial charge in [0.15, 0.2) is 17.3 Å². The Bertz CT molecular complexity index is 1890. The Labute approximate surface area is 295 Å². The van der Waals surface area contributed by atoms with E-state index < -0.39 is 0 Å². The van der Waals surface area contributed by atoms with E-state index in [0.717, 1.165) is 52.7 Å². The molecule has 3 aliphatic carbocycles. The van der Waals surface area contributed by atoms with E-state index in [4.69, 9.17) is 0 Å². The molecule has 50 heavy (non-hydrogen) atoms. The van der Waals surface area contributed by atoms with Gasteiger partial charge in [-0.2, -0.15) is 0 Å². The fraction of sp³-hybridized carbons (Fsp3) is 0.386. The number of benzene rings is 3. The molecule has 0 aromatic heterocycles. The van der Waals surface area contributed by atoms with Crippen LogP contribution in [0.1, 0.15) is 92.7 Å². The quantitative estimate of drug-likeness (QED) is 0.210. The van der Waals surface area contributed by atoms with Crippen molar-refractivity contribution in [3.8, 4) is 28.4 Å².